The fourth-order valence-electron chi connectivity index (χ4n) is 3.01. The molecule has 5 N–H and O–H groups in total. The van der Waals surface area contributed by atoms with Crippen molar-refractivity contribution in [2.24, 2.45) is 5.73 Å². The number of nitrogens with zero attached hydrogens (tertiary/aromatic N) is 2. The van der Waals surface area contributed by atoms with Crippen molar-refractivity contribution in [1.29, 1.82) is 0 Å². The van der Waals surface area contributed by atoms with Crippen molar-refractivity contribution in [1.82, 2.24) is 25.9 Å². The largest absolute Gasteiger partial charge is 0.368 e. The second-order valence-electron chi connectivity index (χ2n) is 7.58. The van der Waals surface area contributed by atoms with Gasteiger partial charge in [0.2, 0.25) is 23.6 Å². The lowest BCUT2D eigenvalue weighted by molar-refractivity contribution is -0.197. The third-order valence-corrected chi connectivity index (χ3v) is 4.83. The zero-order valence-electron chi connectivity index (χ0n) is 18.9. The highest BCUT2D eigenvalue weighted by Crippen LogP contribution is 2.13. The number of carbonyl (C=O) groups is 9. The summed E-state index contributed by atoms with van der Waals surface area (Å²) in [6.07, 6.45) is 0.659. The van der Waals surface area contributed by atoms with Gasteiger partial charge in [-0.25, -0.2) is 4.79 Å². The highest BCUT2D eigenvalue weighted by atomic mass is 16.7. The second-order valence-corrected chi connectivity index (χ2v) is 7.58. The first-order valence-electron chi connectivity index (χ1n) is 10.7. The fraction of sp³-hybridized carbons (Fsp3) is 0.450. The van der Waals surface area contributed by atoms with Crippen LogP contribution in [-0.4, -0.2) is 88.9 Å². The summed E-state index contributed by atoms with van der Waals surface area (Å²) in [5.41, 5.74) is 4.91. The molecule has 0 spiro atoms. The average Bonchev–Trinajstić information content (AvgIpc) is 3.31. The predicted octanol–water partition coefficient (Wildman–Crippen LogP) is -4.11. The minimum atomic E-state index is -1.37. The highest BCUT2D eigenvalue weighted by molar-refractivity contribution is 6.13. The maximum absolute atomic E-state index is 12.6. The molecule has 194 valence electrons. The summed E-state index contributed by atoms with van der Waals surface area (Å²) >= 11 is 0. The third-order valence-electron chi connectivity index (χ3n) is 4.83. The number of amides is 8. The van der Waals surface area contributed by atoms with Gasteiger partial charge in [0.15, 0.2) is 0 Å². The smallest absolute Gasteiger partial charge is 0.333 e. The van der Waals surface area contributed by atoms with E-state index in [0.29, 0.717) is 5.06 Å². The lowest BCUT2D eigenvalue weighted by atomic mass is 10.1. The quantitative estimate of drug-likeness (QED) is 0.176. The van der Waals surface area contributed by atoms with Crippen LogP contribution in [0.4, 0.5) is 0 Å². The molecule has 2 aliphatic heterocycles. The van der Waals surface area contributed by atoms with E-state index in [1.807, 2.05) is 0 Å². The summed E-state index contributed by atoms with van der Waals surface area (Å²) < 4.78 is 0. The number of hydroxylamine groups is 2. The van der Waals surface area contributed by atoms with Crippen LogP contribution in [0.3, 0.4) is 0 Å². The van der Waals surface area contributed by atoms with Gasteiger partial charge in [-0.2, -0.15) is 0 Å². The van der Waals surface area contributed by atoms with Gasteiger partial charge in [-0.05, 0) is 6.42 Å². The van der Waals surface area contributed by atoms with Gasteiger partial charge in [0.05, 0.1) is 19.5 Å². The Balaban J connectivity index is 1.93. The third kappa shape index (κ3) is 8.30. The van der Waals surface area contributed by atoms with Crippen molar-refractivity contribution in [2.45, 2.75) is 38.1 Å². The summed E-state index contributed by atoms with van der Waals surface area (Å²) in [7, 11) is 0. The Morgan fingerprint density at radius 1 is 0.889 bits per heavy atom. The van der Waals surface area contributed by atoms with Crippen LogP contribution in [0.2, 0.25) is 0 Å². The molecule has 0 saturated carbocycles. The van der Waals surface area contributed by atoms with Gasteiger partial charge in [-0.15, -0.1) is 5.06 Å². The monoisotopic (exact) mass is 508 g/mol. The minimum Gasteiger partial charge on any atom is -0.368 e. The Kier molecular flexibility index (Phi) is 9.76. The molecule has 2 rings (SSSR count). The molecule has 2 aliphatic rings. The Labute approximate surface area is 203 Å². The number of primary amides is 1. The summed E-state index contributed by atoms with van der Waals surface area (Å²) in [6.45, 7) is -1.30. The molecule has 16 heteroatoms. The fourth-order valence-corrected chi connectivity index (χ4v) is 3.01. The van der Waals surface area contributed by atoms with E-state index in [1.54, 1.807) is 0 Å². The zero-order valence-corrected chi connectivity index (χ0v) is 18.9. The molecule has 1 unspecified atom stereocenters. The maximum Gasteiger partial charge on any atom is 0.333 e. The number of rotatable bonds is 13. The van der Waals surface area contributed by atoms with Crippen molar-refractivity contribution < 1.29 is 48.0 Å². The van der Waals surface area contributed by atoms with Crippen LogP contribution >= 0.6 is 0 Å². The number of imide groups is 2. The summed E-state index contributed by atoms with van der Waals surface area (Å²) in [5, 5.41) is 7.02. The molecule has 36 heavy (non-hydrogen) atoms. The number of nitrogens with two attached hydrogens (primary N) is 1. The van der Waals surface area contributed by atoms with Crippen LogP contribution in [0, 0.1) is 0 Å². The van der Waals surface area contributed by atoms with Crippen LogP contribution < -0.4 is 21.7 Å². The van der Waals surface area contributed by atoms with Gasteiger partial charge in [0.25, 0.3) is 23.6 Å². The molecular formula is C20H24N6O10. The molecule has 2 heterocycles. The summed E-state index contributed by atoms with van der Waals surface area (Å²) in [5.74, 6) is -6.81. The van der Waals surface area contributed by atoms with Gasteiger partial charge in [0, 0.05) is 38.0 Å². The molecule has 8 amide bonds. The first-order chi connectivity index (χ1) is 17.0. The molecule has 1 saturated heterocycles. The molecule has 1 atom stereocenters. The molecular weight excluding hydrogens is 484 g/mol. The molecule has 0 aromatic heterocycles. The lowest BCUT2D eigenvalue weighted by Gasteiger charge is -2.20. The lowest BCUT2D eigenvalue weighted by Crippen LogP contribution is -2.50. The first kappa shape index (κ1) is 27.6. The van der Waals surface area contributed by atoms with Crippen LogP contribution in [0.5, 0.6) is 0 Å². The Morgan fingerprint density at radius 2 is 1.50 bits per heavy atom. The number of hydrogen-bond acceptors (Lipinski definition) is 10. The molecule has 1 fully saturated rings. The van der Waals surface area contributed by atoms with Crippen molar-refractivity contribution in [3.05, 3.63) is 12.2 Å². The molecule has 0 bridgehead atoms. The van der Waals surface area contributed by atoms with Gasteiger partial charge >= 0.3 is 5.97 Å². The Morgan fingerprint density at radius 3 is 2.08 bits per heavy atom. The van der Waals surface area contributed by atoms with Crippen molar-refractivity contribution in [2.75, 3.05) is 19.6 Å². The standard InChI is InChI=1S/C20H24N6O10/c21-12(27)9-22-14(29)10-23-20(35)11(1-6-19(34)36-26-17(32)4-5-18(26)33)24-13(28)7-8-25-15(30)2-3-16(25)31/h2-3,11H,1,4-10H2,(H2,21,27)(H,22,29)(H,23,35)(H,24,28). The van der Waals surface area contributed by atoms with Crippen LogP contribution in [0.15, 0.2) is 12.2 Å². The van der Waals surface area contributed by atoms with Crippen LogP contribution in [0.1, 0.15) is 32.1 Å². The van der Waals surface area contributed by atoms with Crippen molar-refractivity contribution in [3.63, 3.8) is 0 Å². The van der Waals surface area contributed by atoms with Gasteiger partial charge < -0.3 is 26.5 Å². The molecule has 0 radical (unpaired) electrons. The molecule has 0 aromatic carbocycles. The van der Waals surface area contributed by atoms with Crippen molar-refractivity contribution in [3.8, 4) is 0 Å². The summed E-state index contributed by atoms with van der Waals surface area (Å²) in [4.78, 5) is 111. The number of nitrogens with one attached hydrogen (secondary N) is 3. The number of hydrogen-bond donors (Lipinski definition) is 4. The molecule has 0 aliphatic carbocycles. The zero-order chi connectivity index (χ0) is 26.8. The van der Waals surface area contributed by atoms with E-state index in [-0.39, 0.29) is 32.2 Å². The molecule has 0 aromatic rings. The van der Waals surface area contributed by atoms with E-state index in [0.717, 1.165) is 17.1 Å². The van der Waals surface area contributed by atoms with Crippen LogP contribution in [0.25, 0.3) is 0 Å². The van der Waals surface area contributed by atoms with E-state index >= 15 is 0 Å². The van der Waals surface area contributed by atoms with E-state index < -0.39 is 78.8 Å². The second kappa shape index (κ2) is 12.7. The first-order valence-corrected chi connectivity index (χ1v) is 10.7. The van der Waals surface area contributed by atoms with Crippen LogP contribution in [-0.2, 0) is 48.0 Å². The van der Waals surface area contributed by atoms with E-state index in [2.05, 4.69) is 16.0 Å². The van der Waals surface area contributed by atoms with E-state index in [9.17, 15) is 43.2 Å². The van der Waals surface area contributed by atoms with Gasteiger partial charge in [0.1, 0.15) is 6.04 Å². The highest BCUT2D eigenvalue weighted by Gasteiger charge is 2.33. The average molecular weight is 508 g/mol. The predicted molar refractivity (Wildman–Crippen MR) is 114 cm³/mol. The SMILES string of the molecule is NC(=O)CNC(=O)CNC(=O)C(CCC(=O)ON1C(=O)CCC1=O)NC(=O)CCN1C(=O)C=CC1=O. The van der Waals surface area contributed by atoms with Gasteiger partial charge in [-0.1, -0.05) is 0 Å². The van der Waals surface area contributed by atoms with Crippen molar-refractivity contribution >= 4 is 53.2 Å². The van der Waals surface area contributed by atoms with E-state index in [4.69, 9.17) is 10.6 Å². The Hall–Kier alpha value is -4.63. The minimum absolute atomic E-state index is 0.109. The summed E-state index contributed by atoms with van der Waals surface area (Å²) in [6, 6.07) is -1.37. The molecule has 16 nitrogen and oxygen atoms in total. The maximum atomic E-state index is 12.6. The Bertz CT molecular complexity index is 988. The topological polar surface area (TPSA) is 231 Å². The number of carbonyl (C=O) groups excluding carboxylic acids is 9. The van der Waals surface area contributed by atoms with Gasteiger partial charge in [-0.3, -0.25) is 43.3 Å². The normalized spacial score (nSPS) is 15.7. The van der Waals surface area contributed by atoms with E-state index in [1.165, 1.54) is 0 Å².